The summed E-state index contributed by atoms with van der Waals surface area (Å²) in [5.74, 6) is 0.0600. The van der Waals surface area contributed by atoms with Gasteiger partial charge in [-0.25, -0.2) is 0 Å². The van der Waals surface area contributed by atoms with Crippen LogP contribution in [0.3, 0.4) is 0 Å². The minimum absolute atomic E-state index is 0. The number of hydrogen-bond acceptors (Lipinski definition) is 2. The second-order valence-corrected chi connectivity index (χ2v) is 6.93. The highest BCUT2D eigenvalue weighted by Crippen LogP contribution is 2.31. The number of likely N-dealkylation sites (N-methyl/N-ethyl adjacent to an activating group) is 1. The Hall–Kier alpha value is -0.770. The number of fused-ring (bicyclic) bond motifs is 2. The van der Waals surface area contributed by atoms with E-state index in [1.165, 1.54) is 12.8 Å². The van der Waals surface area contributed by atoms with Gasteiger partial charge in [0.1, 0.15) is 0 Å². The van der Waals surface area contributed by atoms with Crippen molar-refractivity contribution >= 4 is 29.9 Å². The minimum Gasteiger partial charge on any atom is -0.342 e. The lowest BCUT2D eigenvalue weighted by Gasteiger charge is -2.36. The molecule has 122 valence electrons. The number of hydrogen-bond donors (Lipinski definition) is 1. The van der Waals surface area contributed by atoms with Gasteiger partial charge >= 0.3 is 0 Å². The summed E-state index contributed by atoms with van der Waals surface area (Å²) in [4.78, 5) is 14.7. The number of halogens is 2. The van der Waals surface area contributed by atoms with E-state index in [1.54, 1.807) is 0 Å². The Bertz CT molecular complexity index is 525. The number of piperidine rings is 1. The van der Waals surface area contributed by atoms with Gasteiger partial charge < -0.3 is 10.2 Å². The molecule has 2 saturated heterocycles. The summed E-state index contributed by atoms with van der Waals surface area (Å²) < 4.78 is 0. The van der Waals surface area contributed by atoms with Gasteiger partial charge in [0, 0.05) is 30.2 Å². The van der Waals surface area contributed by atoms with E-state index >= 15 is 0 Å². The van der Waals surface area contributed by atoms with Gasteiger partial charge in [-0.2, -0.15) is 0 Å². The van der Waals surface area contributed by atoms with Gasteiger partial charge in [-0.15, -0.1) is 12.4 Å². The summed E-state index contributed by atoms with van der Waals surface area (Å²) in [6.45, 7) is 1.97. The Balaban J connectivity index is 0.00000176. The second kappa shape index (κ2) is 7.20. The van der Waals surface area contributed by atoms with Crippen LogP contribution in [-0.2, 0) is 4.79 Å². The number of nitrogens with one attached hydrogen (secondary N) is 1. The minimum atomic E-state index is -0.138. The standard InChI is InChI=1S/C17H23ClN2O.ClH/c1-11(12-4-3-5-13(18)8-12)17(21)20(2)16-9-14-6-7-15(10-16)19-14;/h3-5,8,11,14-16,19H,6-7,9-10H2,1-2H3;1H. The number of rotatable bonds is 3. The molecule has 0 spiro atoms. The van der Waals surface area contributed by atoms with E-state index < -0.39 is 0 Å². The van der Waals surface area contributed by atoms with Crippen LogP contribution in [0.25, 0.3) is 0 Å². The van der Waals surface area contributed by atoms with E-state index in [9.17, 15) is 4.79 Å². The van der Waals surface area contributed by atoms with Crippen LogP contribution in [0.15, 0.2) is 24.3 Å². The van der Waals surface area contributed by atoms with Crippen LogP contribution in [0.1, 0.15) is 44.1 Å². The van der Waals surface area contributed by atoms with Crippen molar-refractivity contribution in [2.75, 3.05) is 7.05 Å². The predicted molar refractivity (Wildman–Crippen MR) is 92.9 cm³/mol. The Morgan fingerprint density at radius 2 is 1.95 bits per heavy atom. The van der Waals surface area contributed by atoms with Crippen molar-refractivity contribution < 1.29 is 4.79 Å². The molecule has 2 aliphatic rings. The Labute approximate surface area is 143 Å². The summed E-state index contributed by atoms with van der Waals surface area (Å²) in [6, 6.07) is 9.20. The van der Waals surface area contributed by atoms with Gasteiger partial charge in [0.25, 0.3) is 0 Å². The Kier molecular flexibility index (Phi) is 5.76. The quantitative estimate of drug-likeness (QED) is 0.909. The highest BCUT2D eigenvalue weighted by atomic mass is 35.5. The van der Waals surface area contributed by atoms with Crippen molar-refractivity contribution in [3.05, 3.63) is 34.9 Å². The Morgan fingerprint density at radius 3 is 2.55 bits per heavy atom. The lowest BCUT2D eigenvalue weighted by Crippen LogP contribution is -2.49. The summed E-state index contributed by atoms with van der Waals surface area (Å²) in [6.07, 6.45) is 4.68. The van der Waals surface area contributed by atoms with Crippen molar-refractivity contribution in [1.82, 2.24) is 10.2 Å². The molecule has 0 radical (unpaired) electrons. The van der Waals surface area contributed by atoms with E-state index in [2.05, 4.69) is 5.32 Å². The maximum atomic E-state index is 12.8. The van der Waals surface area contributed by atoms with Crippen LogP contribution in [0.2, 0.25) is 5.02 Å². The molecule has 2 bridgehead atoms. The number of amides is 1. The van der Waals surface area contributed by atoms with Gasteiger partial charge in [0.2, 0.25) is 5.91 Å². The van der Waals surface area contributed by atoms with Crippen LogP contribution < -0.4 is 5.32 Å². The molecule has 2 aliphatic heterocycles. The third kappa shape index (κ3) is 3.58. The fourth-order valence-corrected chi connectivity index (χ4v) is 3.95. The largest absolute Gasteiger partial charge is 0.342 e. The van der Waals surface area contributed by atoms with E-state index in [0.717, 1.165) is 18.4 Å². The molecule has 2 heterocycles. The number of benzene rings is 1. The van der Waals surface area contributed by atoms with Crippen molar-refractivity contribution in [2.24, 2.45) is 0 Å². The molecule has 3 atom stereocenters. The first-order chi connectivity index (χ1) is 10.0. The molecule has 3 rings (SSSR count). The first-order valence-electron chi connectivity index (χ1n) is 7.83. The van der Waals surface area contributed by atoms with Gasteiger partial charge in [-0.05, 0) is 50.3 Å². The molecule has 1 aromatic rings. The molecule has 1 N–H and O–H groups in total. The highest BCUT2D eigenvalue weighted by molar-refractivity contribution is 6.30. The van der Waals surface area contributed by atoms with Gasteiger partial charge in [-0.3, -0.25) is 4.79 Å². The first kappa shape index (κ1) is 17.6. The zero-order valence-corrected chi connectivity index (χ0v) is 14.7. The number of carbonyl (C=O) groups excluding carboxylic acids is 1. The van der Waals surface area contributed by atoms with Crippen molar-refractivity contribution in [3.8, 4) is 0 Å². The maximum absolute atomic E-state index is 12.8. The zero-order chi connectivity index (χ0) is 15.0. The lowest BCUT2D eigenvalue weighted by atomic mass is 9.95. The molecular weight excluding hydrogens is 319 g/mol. The molecule has 22 heavy (non-hydrogen) atoms. The van der Waals surface area contributed by atoms with Crippen LogP contribution in [0, 0.1) is 0 Å². The van der Waals surface area contributed by atoms with Crippen LogP contribution >= 0.6 is 24.0 Å². The summed E-state index contributed by atoms with van der Waals surface area (Å²) in [7, 11) is 1.96. The molecular formula is C17H24Cl2N2O. The first-order valence-corrected chi connectivity index (χ1v) is 8.20. The third-order valence-corrected chi connectivity index (χ3v) is 5.30. The van der Waals surface area contributed by atoms with E-state index in [0.29, 0.717) is 23.1 Å². The van der Waals surface area contributed by atoms with Crippen molar-refractivity contribution in [3.63, 3.8) is 0 Å². The van der Waals surface area contributed by atoms with E-state index in [4.69, 9.17) is 11.6 Å². The fourth-order valence-electron chi connectivity index (χ4n) is 3.75. The molecule has 1 aromatic carbocycles. The average molecular weight is 343 g/mol. The topological polar surface area (TPSA) is 32.3 Å². The third-order valence-electron chi connectivity index (χ3n) is 5.06. The molecule has 0 aromatic heterocycles. The van der Waals surface area contributed by atoms with E-state index in [-0.39, 0.29) is 24.2 Å². The molecule has 1 amide bonds. The number of carbonyl (C=O) groups is 1. The second-order valence-electron chi connectivity index (χ2n) is 6.49. The molecule has 5 heteroatoms. The monoisotopic (exact) mass is 342 g/mol. The molecule has 2 fully saturated rings. The molecule has 3 nitrogen and oxygen atoms in total. The maximum Gasteiger partial charge on any atom is 0.229 e. The normalized spacial score (nSPS) is 27.9. The summed E-state index contributed by atoms with van der Waals surface area (Å²) in [5.41, 5.74) is 0.997. The van der Waals surface area contributed by atoms with Crippen molar-refractivity contribution in [1.29, 1.82) is 0 Å². The van der Waals surface area contributed by atoms with Gasteiger partial charge in [0.05, 0.1) is 5.92 Å². The van der Waals surface area contributed by atoms with Gasteiger partial charge in [0.15, 0.2) is 0 Å². The molecule has 0 aliphatic carbocycles. The predicted octanol–water partition coefficient (Wildman–Crippen LogP) is 3.61. The van der Waals surface area contributed by atoms with Crippen LogP contribution in [-0.4, -0.2) is 36.0 Å². The SMILES string of the molecule is CC(C(=O)N(C)C1CC2CCC(C1)N2)c1cccc(Cl)c1.Cl. The fraction of sp³-hybridized carbons (Fsp3) is 0.588. The van der Waals surface area contributed by atoms with Crippen molar-refractivity contribution in [2.45, 2.75) is 56.7 Å². The summed E-state index contributed by atoms with van der Waals surface area (Å²) >= 11 is 6.04. The van der Waals surface area contributed by atoms with Crippen LogP contribution in [0.4, 0.5) is 0 Å². The van der Waals surface area contributed by atoms with Crippen LogP contribution in [0.5, 0.6) is 0 Å². The lowest BCUT2D eigenvalue weighted by molar-refractivity contribution is -0.133. The molecule has 0 saturated carbocycles. The highest BCUT2D eigenvalue weighted by Gasteiger charge is 2.37. The smallest absolute Gasteiger partial charge is 0.229 e. The number of nitrogens with zero attached hydrogens (tertiary/aromatic N) is 1. The molecule has 3 unspecified atom stereocenters. The van der Waals surface area contributed by atoms with Gasteiger partial charge in [-0.1, -0.05) is 23.7 Å². The summed E-state index contributed by atoms with van der Waals surface area (Å²) in [5, 5.41) is 4.32. The average Bonchev–Trinajstić information content (AvgIpc) is 2.83. The Morgan fingerprint density at radius 1 is 1.32 bits per heavy atom. The van der Waals surface area contributed by atoms with E-state index in [1.807, 2.05) is 43.1 Å². The zero-order valence-electron chi connectivity index (χ0n) is 13.1.